The molecule has 0 atom stereocenters. The van der Waals surface area contributed by atoms with Crippen LogP contribution in [0.2, 0.25) is 0 Å². The summed E-state index contributed by atoms with van der Waals surface area (Å²) in [5, 5.41) is 5.21. The molecular formula is C20H20N2O3S2. The van der Waals surface area contributed by atoms with E-state index >= 15 is 0 Å². The molecule has 0 radical (unpaired) electrons. The van der Waals surface area contributed by atoms with E-state index in [4.69, 9.17) is 0 Å². The van der Waals surface area contributed by atoms with Crippen molar-refractivity contribution in [2.24, 2.45) is 0 Å². The molecule has 0 fully saturated rings. The minimum Gasteiger partial charge on any atom is -0.321 e. The molecular weight excluding hydrogens is 380 g/mol. The lowest BCUT2D eigenvalue weighted by Gasteiger charge is -2.06. The second-order valence-electron chi connectivity index (χ2n) is 6.24. The third-order valence-corrected chi connectivity index (χ3v) is 6.79. The molecule has 0 aliphatic heterocycles. The van der Waals surface area contributed by atoms with Gasteiger partial charge in [-0.2, -0.15) is 0 Å². The van der Waals surface area contributed by atoms with Gasteiger partial charge in [0.1, 0.15) is 10.7 Å². The van der Waals surface area contributed by atoms with Crippen LogP contribution in [0.4, 0.5) is 5.69 Å². The van der Waals surface area contributed by atoms with Gasteiger partial charge in [0.15, 0.2) is 9.84 Å². The molecule has 1 aromatic heterocycles. The summed E-state index contributed by atoms with van der Waals surface area (Å²) in [4.78, 5) is 17.1. The van der Waals surface area contributed by atoms with Gasteiger partial charge in [-0.25, -0.2) is 13.4 Å². The van der Waals surface area contributed by atoms with Crippen LogP contribution < -0.4 is 5.32 Å². The van der Waals surface area contributed by atoms with Crippen molar-refractivity contribution in [3.8, 4) is 10.6 Å². The average molecular weight is 401 g/mol. The van der Waals surface area contributed by atoms with Crippen molar-refractivity contribution in [1.29, 1.82) is 0 Å². The Morgan fingerprint density at radius 1 is 1.15 bits per heavy atom. The lowest BCUT2D eigenvalue weighted by Crippen LogP contribution is -2.13. The Balaban J connectivity index is 1.82. The fraction of sp³-hybridized carbons (Fsp3) is 0.200. The molecule has 0 bridgehead atoms. The highest BCUT2D eigenvalue weighted by Crippen LogP contribution is 2.28. The van der Waals surface area contributed by atoms with E-state index in [1.807, 2.05) is 26.0 Å². The highest BCUT2D eigenvalue weighted by Gasteiger charge is 2.15. The van der Waals surface area contributed by atoms with E-state index in [-0.39, 0.29) is 16.6 Å². The van der Waals surface area contributed by atoms with E-state index in [1.165, 1.54) is 29.0 Å². The van der Waals surface area contributed by atoms with E-state index < -0.39 is 9.84 Å². The van der Waals surface area contributed by atoms with Gasteiger partial charge in [-0.15, -0.1) is 11.3 Å². The van der Waals surface area contributed by atoms with Crippen LogP contribution >= 0.6 is 11.3 Å². The molecule has 0 spiro atoms. The van der Waals surface area contributed by atoms with Crippen molar-refractivity contribution >= 4 is 32.8 Å². The fourth-order valence-corrected chi connectivity index (χ4v) is 4.50. The third kappa shape index (κ3) is 4.26. The molecule has 5 nitrogen and oxygen atoms in total. The summed E-state index contributed by atoms with van der Waals surface area (Å²) in [6.45, 7) is 5.64. The fourth-order valence-electron chi connectivity index (χ4n) is 2.68. The number of sulfone groups is 1. The Kier molecular flexibility index (Phi) is 5.43. The maximum atomic E-state index is 12.5. The number of benzene rings is 2. The third-order valence-electron chi connectivity index (χ3n) is 4.18. The Morgan fingerprint density at radius 3 is 2.63 bits per heavy atom. The number of aryl methyl sites for hydroxylation is 2. The summed E-state index contributed by atoms with van der Waals surface area (Å²) in [5.41, 5.74) is 4.01. The zero-order chi connectivity index (χ0) is 19.6. The molecule has 7 heteroatoms. The molecule has 0 saturated heterocycles. The molecule has 0 unspecified atom stereocenters. The summed E-state index contributed by atoms with van der Waals surface area (Å²) < 4.78 is 24.0. The Morgan fingerprint density at radius 2 is 1.93 bits per heavy atom. The summed E-state index contributed by atoms with van der Waals surface area (Å²) in [6.07, 6.45) is 0. The lowest BCUT2D eigenvalue weighted by atomic mass is 10.1. The van der Waals surface area contributed by atoms with Gasteiger partial charge in [-0.3, -0.25) is 4.79 Å². The molecule has 3 aromatic rings. The predicted molar refractivity (Wildman–Crippen MR) is 109 cm³/mol. The number of nitrogens with zero attached hydrogens (tertiary/aromatic N) is 1. The topological polar surface area (TPSA) is 76.1 Å². The minimum atomic E-state index is -3.33. The molecule has 27 heavy (non-hydrogen) atoms. The minimum absolute atomic E-state index is 0.00967. The van der Waals surface area contributed by atoms with Crippen molar-refractivity contribution in [2.45, 2.75) is 25.7 Å². The smallest absolute Gasteiger partial charge is 0.275 e. The zero-order valence-electron chi connectivity index (χ0n) is 15.3. The normalized spacial score (nSPS) is 11.4. The highest BCUT2D eigenvalue weighted by molar-refractivity contribution is 7.91. The molecule has 0 aliphatic rings. The van der Waals surface area contributed by atoms with Gasteiger partial charge in [0, 0.05) is 16.6 Å². The van der Waals surface area contributed by atoms with Crippen LogP contribution in [0, 0.1) is 13.8 Å². The predicted octanol–water partition coefficient (Wildman–Crippen LogP) is 4.47. The van der Waals surface area contributed by atoms with Gasteiger partial charge in [-0.1, -0.05) is 36.8 Å². The van der Waals surface area contributed by atoms with Crippen LogP contribution in [0.15, 0.2) is 52.7 Å². The van der Waals surface area contributed by atoms with Crippen molar-refractivity contribution in [1.82, 2.24) is 4.98 Å². The number of hydrogen-bond acceptors (Lipinski definition) is 5. The maximum Gasteiger partial charge on any atom is 0.275 e. The number of anilines is 1. The van der Waals surface area contributed by atoms with Gasteiger partial charge in [0.05, 0.1) is 10.6 Å². The van der Waals surface area contributed by atoms with Gasteiger partial charge in [0.2, 0.25) is 0 Å². The SMILES string of the molecule is CCS(=O)(=O)c1cccc(NC(=O)c2csc(-c3ccc(C)cc3C)n2)c1. The number of rotatable bonds is 5. The summed E-state index contributed by atoms with van der Waals surface area (Å²) in [7, 11) is -3.33. The molecule has 0 saturated carbocycles. The van der Waals surface area contributed by atoms with Crippen molar-refractivity contribution in [3.05, 3.63) is 64.7 Å². The first kappa shape index (κ1) is 19.3. The number of amides is 1. The number of aromatic nitrogens is 1. The van der Waals surface area contributed by atoms with Crippen LogP contribution in [0.25, 0.3) is 10.6 Å². The van der Waals surface area contributed by atoms with E-state index in [2.05, 4.69) is 16.4 Å². The summed E-state index contributed by atoms with van der Waals surface area (Å²) >= 11 is 1.40. The Labute approximate surface area is 163 Å². The van der Waals surface area contributed by atoms with E-state index in [1.54, 1.807) is 24.4 Å². The molecule has 140 valence electrons. The van der Waals surface area contributed by atoms with Crippen LogP contribution in [0.5, 0.6) is 0 Å². The number of nitrogens with one attached hydrogen (secondary N) is 1. The Hall–Kier alpha value is -2.51. The van der Waals surface area contributed by atoms with Crippen molar-refractivity contribution < 1.29 is 13.2 Å². The first-order valence-electron chi connectivity index (χ1n) is 8.47. The first-order valence-corrected chi connectivity index (χ1v) is 11.0. The lowest BCUT2D eigenvalue weighted by molar-refractivity contribution is 0.102. The summed E-state index contributed by atoms with van der Waals surface area (Å²) in [6, 6.07) is 12.4. The van der Waals surface area contributed by atoms with E-state index in [0.29, 0.717) is 11.4 Å². The van der Waals surface area contributed by atoms with Gasteiger partial charge >= 0.3 is 0 Å². The second-order valence-corrected chi connectivity index (χ2v) is 9.38. The average Bonchev–Trinajstić information content (AvgIpc) is 3.12. The largest absolute Gasteiger partial charge is 0.321 e. The first-order chi connectivity index (χ1) is 12.8. The summed E-state index contributed by atoms with van der Waals surface area (Å²) in [5.74, 6) is -0.358. The van der Waals surface area contributed by atoms with E-state index in [0.717, 1.165) is 16.1 Å². The maximum absolute atomic E-state index is 12.5. The van der Waals surface area contributed by atoms with Gasteiger partial charge < -0.3 is 5.32 Å². The monoisotopic (exact) mass is 400 g/mol. The molecule has 0 aliphatic carbocycles. The molecule has 2 aromatic carbocycles. The molecule has 3 rings (SSSR count). The van der Waals surface area contributed by atoms with Gasteiger partial charge in [0.25, 0.3) is 5.91 Å². The molecule has 1 heterocycles. The van der Waals surface area contributed by atoms with Crippen LogP contribution in [0.3, 0.4) is 0 Å². The number of hydrogen-bond donors (Lipinski definition) is 1. The number of thiazole rings is 1. The van der Waals surface area contributed by atoms with Crippen LogP contribution in [0.1, 0.15) is 28.5 Å². The van der Waals surface area contributed by atoms with Crippen molar-refractivity contribution in [2.75, 3.05) is 11.1 Å². The quantitative estimate of drug-likeness (QED) is 0.685. The zero-order valence-corrected chi connectivity index (χ0v) is 16.9. The van der Waals surface area contributed by atoms with Crippen molar-refractivity contribution in [3.63, 3.8) is 0 Å². The van der Waals surface area contributed by atoms with Crippen LogP contribution in [-0.2, 0) is 9.84 Å². The number of carbonyl (C=O) groups is 1. The number of carbonyl (C=O) groups excluding carboxylic acids is 1. The molecule has 1 N–H and O–H groups in total. The van der Waals surface area contributed by atoms with Gasteiger partial charge in [-0.05, 0) is 37.6 Å². The highest BCUT2D eigenvalue weighted by atomic mass is 32.2. The second kappa shape index (κ2) is 7.62. The standard InChI is InChI=1S/C20H20N2O3S2/c1-4-27(24,25)16-7-5-6-15(11-16)21-19(23)18-12-26-20(22-18)17-9-8-13(2)10-14(17)3/h5-12H,4H2,1-3H3,(H,21,23). The molecule has 1 amide bonds. The van der Waals surface area contributed by atoms with E-state index in [9.17, 15) is 13.2 Å². The Bertz CT molecular complexity index is 1100. The van der Waals surface area contributed by atoms with Crippen LogP contribution in [-0.4, -0.2) is 25.1 Å².